The Bertz CT molecular complexity index is 734. The van der Waals surface area contributed by atoms with E-state index < -0.39 is 0 Å². The summed E-state index contributed by atoms with van der Waals surface area (Å²) in [5.74, 6) is 0.425. The SMILES string of the molecule is Cn1cc(-c2cnc3ccc(N)nc3c2Cl)cn1. The molecule has 0 atom stereocenters. The summed E-state index contributed by atoms with van der Waals surface area (Å²) < 4.78 is 1.71. The Morgan fingerprint density at radius 3 is 2.83 bits per heavy atom. The second-order valence-electron chi connectivity index (χ2n) is 3.99. The smallest absolute Gasteiger partial charge is 0.124 e. The van der Waals surface area contributed by atoms with Crippen molar-refractivity contribution in [2.75, 3.05) is 5.73 Å². The molecule has 0 radical (unpaired) electrons. The fourth-order valence-corrected chi connectivity index (χ4v) is 2.11. The van der Waals surface area contributed by atoms with Gasteiger partial charge in [0, 0.05) is 30.6 Å². The summed E-state index contributed by atoms with van der Waals surface area (Å²) >= 11 is 6.36. The van der Waals surface area contributed by atoms with E-state index in [0.29, 0.717) is 16.4 Å². The lowest BCUT2D eigenvalue weighted by molar-refractivity contribution is 0.768. The Morgan fingerprint density at radius 2 is 2.11 bits per heavy atom. The molecule has 0 bridgehead atoms. The van der Waals surface area contributed by atoms with Crippen molar-refractivity contribution in [1.29, 1.82) is 0 Å². The number of hydrogen-bond acceptors (Lipinski definition) is 4. The standard InChI is InChI=1S/C12H10ClN5/c1-18-6-7(4-16-18)8-5-15-9-2-3-10(14)17-12(9)11(8)13/h2-6H,1H3,(H2,14,17). The monoisotopic (exact) mass is 259 g/mol. The number of hydrogen-bond donors (Lipinski definition) is 1. The molecule has 0 fully saturated rings. The number of anilines is 1. The summed E-state index contributed by atoms with van der Waals surface area (Å²) in [4.78, 5) is 8.55. The number of pyridine rings is 2. The first-order chi connectivity index (χ1) is 8.65. The first-order valence-corrected chi connectivity index (χ1v) is 5.72. The van der Waals surface area contributed by atoms with Crippen LogP contribution in [0, 0.1) is 0 Å². The largest absolute Gasteiger partial charge is 0.384 e. The van der Waals surface area contributed by atoms with Crippen molar-refractivity contribution in [2.24, 2.45) is 7.05 Å². The van der Waals surface area contributed by atoms with E-state index in [1.54, 1.807) is 29.2 Å². The number of nitrogen functional groups attached to an aromatic ring is 1. The van der Waals surface area contributed by atoms with Crippen LogP contribution in [0.2, 0.25) is 5.02 Å². The van der Waals surface area contributed by atoms with E-state index in [0.717, 1.165) is 16.6 Å². The minimum atomic E-state index is 0.425. The molecule has 18 heavy (non-hydrogen) atoms. The van der Waals surface area contributed by atoms with Gasteiger partial charge in [0.2, 0.25) is 0 Å². The Labute approximate surface area is 108 Å². The van der Waals surface area contributed by atoms with Crippen LogP contribution in [0.25, 0.3) is 22.2 Å². The second kappa shape index (κ2) is 3.96. The number of fused-ring (bicyclic) bond motifs is 1. The zero-order valence-corrected chi connectivity index (χ0v) is 10.4. The molecule has 3 rings (SSSR count). The van der Waals surface area contributed by atoms with E-state index in [2.05, 4.69) is 15.1 Å². The van der Waals surface area contributed by atoms with Gasteiger partial charge >= 0.3 is 0 Å². The lowest BCUT2D eigenvalue weighted by Crippen LogP contribution is -1.93. The van der Waals surface area contributed by atoms with Crippen molar-refractivity contribution in [3.63, 3.8) is 0 Å². The van der Waals surface area contributed by atoms with Crippen LogP contribution in [-0.4, -0.2) is 19.7 Å². The predicted octanol–water partition coefficient (Wildman–Crippen LogP) is 2.27. The van der Waals surface area contributed by atoms with E-state index >= 15 is 0 Å². The maximum absolute atomic E-state index is 6.36. The number of aryl methyl sites for hydroxylation is 1. The Kier molecular flexibility index (Phi) is 2.41. The summed E-state index contributed by atoms with van der Waals surface area (Å²) in [6.07, 6.45) is 5.33. The first kappa shape index (κ1) is 11.0. The Hall–Kier alpha value is -2.14. The summed E-state index contributed by atoms with van der Waals surface area (Å²) in [5, 5.41) is 4.66. The van der Waals surface area contributed by atoms with Crippen molar-refractivity contribution >= 4 is 28.5 Å². The van der Waals surface area contributed by atoms with Crippen LogP contribution in [0.1, 0.15) is 0 Å². The van der Waals surface area contributed by atoms with E-state index in [1.165, 1.54) is 0 Å². The van der Waals surface area contributed by atoms with Crippen LogP contribution in [0.4, 0.5) is 5.82 Å². The quantitative estimate of drug-likeness (QED) is 0.728. The number of aromatic nitrogens is 4. The fraction of sp³-hybridized carbons (Fsp3) is 0.0833. The third-order valence-electron chi connectivity index (χ3n) is 2.69. The van der Waals surface area contributed by atoms with Gasteiger partial charge in [-0.25, -0.2) is 4.98 Å². The van der Waals surface area contributed by atoms with Crippen molar-refractivity contribution in [3.05, 3.63) is 35.7 Å². The van der Waals surface area contributed by atoms with Crippen LogP contribution in [0.3, 0.4) is 0 Å². The average molecular weight is 260 g/mol. The third-order valence-corrected chi connectivity index (χ3v) is 3.07. The normalized spacial score (nSPS) is 11.0. The van der Waals surface area contributed by atoms with Gasteiger partial charge in [-0.2, -0.15) is 5.10 Å². The molecular formula is C12H10ClN5. The lowest BCUT2D eigenvalue weighted by atomic mass is 10.1. The highest BCUT2D eigenvalue weighted by molar-refractivity contribution is 6.37. The maximum Gasteiger partial charge on any atom is 0.124 e. The minimum absolute atomic E-state index is 0.425. The Morgan fingerprint density at radius 1 is 1.28 bits per heavy atom. The molecule has 0 spiro atoms. The van der Waals surface area contributed by atoms with Gasteiger partial charge in [0.05, 0.1) is 16.7 Å². The molecule has 3 aromatic heterocycles. The van der Waals surface area contributed by atoms with Crippen LogP contribution >= 0.6 is 11.6 Å². The molecule has 0 saturated heterocycles. The van der Waals surface area contributed by atoms with Gasteiger partial charge in [-0.1, -0.05) is 11.6 Å². The van der Waals surface area contributed by atoms with Crippen LogP contribution < -0.4 is 5.73 Å². The van der Waals surface area contributed by atoms with Crippen molar-refractivity contribution in [1.82, 2.24) is 19.7 Å². The average Bonchev–Trinajstić information content (AvgIpc) is 2.77. The molecule has 0 unspecified atom stereocenters. The molecule has 2 N–H and O–H groups in total. The summed E-state index contributed by atoms with van der Waals surface area (Å²) in [6.45, 7) is 0. The van der Waals surface area contributed by atoms with E-state index in [1.807, 2.05) is 13.2 Å². The molecule has 0 aliphatic heterocycles. The number of nitrogens with two attached hydrogens (primary N) is 1. The van der Waals surface area contributed by atoms with Crippen molar-refractivity contribution < 1.29 is 0 Å². The third kappa shape index (κ3) is 1.69. The number of rotatable bonds is 1. The van der Waals surface area contributed by atoms with Gasteiger partial charge in [0.15, 0.2) is 0 Å². The first-order valence-electron chi connectivity index (χ1n) is 5.35. The van der Waals surface area contributed by atoms with E-state index in [-0.39, 0.29) is 0 Å². The topological polar surface area (TPSA) is 69.6 Å². The molecule has 5 nitrogen and oxygen atoms in total. The highest BCUT2D eigenvalue weighted by atomic mass is 35.5. The van der Waals surface area contributed by atoms with Gasteiger partial charge in [0.25, 0.3) is 0 Å². The lowest BCUT2D eigenvalue weighted by Gasteiger charge is -2.05. The molecule has 0 aromatic carbocycles. The van der Waals surface area contributed by atoms with E-state index in [4.69, 9.17) is 17.3 Å². The highest BCUT2D eigenvalue weighted by Crippen LogP contribution is 2.31. The van der Waals surface area contributed by atoms with Crippen LogP contribution in [0.5, 0.6) is 0 Å². The fourth-order valence-electron chi connectivity index (χ4n) is 1.81. The molecule has 3 aromatic rings. The molecule has 0 saturated carbocycles. The van der Waals surface area contributed by atoms with Gasteiger partial charge in [-0.05, 0) is 12.1 Å². The summed E-state index contributed by atoms with van der Waals surface area (Å²) in [6, 6.07) is 3.51. The Balaban J connectivity index is 2.28. The van der Waals surface area contributed by atoms with Gasteiger partial charge in [-0.3, -0.25) is 9.67 Å². The predicted molar refractivity (Wildman–Crippen MR) is 71.2 cm³/mol. The molecule has 0 amide bonds. The van der Waals surface area contributed by atoms with E-state index in [9.17, 15) is 0 Å². The number of nitrogens with zero attached hydrogens (tertiary/aromatic N) is 4. The van der Waals surface area contributed by atoms with Crippen LogP contribution in [0.15, 0.2) is 30.7 Å². The number of halogens is 1. The zero-order valence-electron chi connectivity index (χ0n) is 9.63. The van der Waals surface area contributed by atoms with Gasteiger partial charge in [-0.15, -0.1) is 0 Å². The zero-order chi connectivity index (χ0) is 12.7. The van der Waals surface area contributed by atoms with Gasteiger partial charge < -0.3 is 5.73 Å². The van der Waals surface area contributed by atoms with Gasteiger partial charge in [0.1, 0.15) is 11.3 Å². The minimum Gasteiger partial charge on any atom is -0.384 e. The van der Waals surface area contributed by atoms with Crippen molar-refractivity contribution in [3.8, 4) is 11.1 Å². The maximum atomic E-state index is 6.36. The second-order valence-corrected chi connectivity index (χ2v) is 4.37. The molecule has 0 aliphatic rings. The van der Waals surface area contributed by atoms with Crippen LogP contribution in [-0.2, 0) is 7.05 Å². The molecule has 90 valence electrons. The molecular weight excluding hydrogens is 250 g/mol. The molecule has 6 heteroatoms. The summed E-state index contributed by atoms with van der Waals surface area (Å²) in [5.41, 5.74) is 8.71. The van der Waals surface area contributed by atoms with Crippen molar-refractivity contribution in [2.45, 2.75) is 0 Å². The molecule has 0 aliphatic carbocycles. The summed E-state index contributed by atoms with van der Waals surface area (Å²) in [7, 11) is 1.85. The molecule has 3 heterocycles. The highest BCUT2D eigenvalue weighted by Gasteiger charge is 2.11.